The van der Waals surface area contributed by atoms with Gasteiger partial charge in [-0.05, 0) is 17.5 Å². The summed E-state index contributed by atoms with van der Waals surface area (Å²) in [5.41, 5.74) is 0.837. The van der Waals surface area contributed by atoms with Crippen LogP contribution in [0.3, 0.4) is 0 Å². The first kappa shape index (κ1) is 21.9. The van der Waals surface area contributed by atoms with Crippen molar-refractivity contribution in [3.63, 3.8) is 0 Å². The van der Waals surface area contributed by atoms with E-state index >= 15 is 0 Å². The lowest BCUT2D eigenvalue weighted by Crippen LogP contribution is -2.21. The van der Waals surface area contributed by atoms with Crippen LogP contribution >= 0.6 is 0 Å². The van der Waals surface area contributed by atoms with Crippen LogP contribution in [0, 0.1) is 0 Å². The van der Waals surface area contributed by atoms with Crippen LogP contribution in [-0.4, -0.2) is 39.5 Å². The normalized spacial score (nSPS) is 10.8. The Balaban J connectivity index is 0.000000366. The minimum atomic E-state index is -5.08. The van der Waals surface area contributed by atoms with E-state index < -0.39 is 24.3 Å². The maximum Gasteiger partial charge on any atom is 0.490 e. The van der Waals surface area contributed by atoms with E-state index in [1.54, 1.807) is 0 Å². The zero-order chi connectivity index (χ0) is 19.8. The van der Waals surface area contributed by atoms with Crippen LogP contribution in [0.1, 0.15) is 0 Å². The quantitative estimate of drug-likeness (QED) is 0.616. The van der Waals surface area contributed by atoms with Crippen LogP contribution < -0.4 is 5.56 Å². The summed E-state index contributed by atoms with van der Waals surface area (Å²) in [6.45, 7) is 0. The van der Waals surface area contributed by atoms with E-state index in [1.165, 1.54) is 6.07 Å². The number of aromatic amines is 1. The monoisotopic (exact) mass is 373 g/mol. The van der Waals surface area contributed by atoms with Gasteiger partial charge in [-0.1, -0.05) is 18.2 Å². The van der Waals surface area contributed by atoms with Crippen molar-refractivity contribution in [3.8, 4) is 0 Å². The minimum absolute atomic E-state index is 0.0521. The fourth-order valence-electron chi connectivity index (χ4n) is 1.10. The number of H-pyrrole nitrogens is 1. The van der Waals surface area contributed by atoms with Crippen molar-refractivity contribution in [2.75, 3.05) is 0 Å². The molecular formula is C13H9F6NO5. The average Bonchev–Trinajstić information content (AvgIpc) is 2.46. The zero-order valence-corrected chi connectivity index (χ0v) is 11.9. The van der Waals surface area contributed by atoms with Crippen LogP contribution in [0.15, 0.2) is 41.2 Å². The molecule has 0 saturated heterocycles. The highest BCUT2D eigenvalue weighted by atomic mass is 19.4. The summed E-state index contributed by atoms with van der Waals surface area (Å²) in [5, 5.41) is 15.3. The fraction of sp³-hybridized carbons (Fsp3) is 0.154. The molecule has 12 heteroatoms. The van der Waals surface area contributed by atoms with Gasteiger partial charge >= 0.3 is 24.3 Å². The molecule has 0 atom stereocenters. The number of carbonyl (C=O) groups is 2. The Bertz CT molecular complexity index is 757. The van der Waals surface area contributed by atoms with Crippen molar-refractivity contribution in [1.29, 1.82) is 0 Å². The number of carboxylic acids is 2. The number of nitrogens with one attached hydrogen (secondary N) is 1. The smallest absolute Gasteiger partial charge is 0.475 e. The van der Waals surface area contributed by atoms with Gasteiger partial charge in [-0.2, -0.15) is 26.3 Å². The summed E-state index contributed by atoms with van der Waals surface area (Å²) in [4.78, 5) is 31.4. The molecule has 0 saturated carbocycles. The molecule has 3 N–H and O–H groups in total. The predicted molar refractivity (Wildman–Crippen MR) is 72.0 cm³/mol. The van der Waals surface area contributed by atoms with Gasteiger partial charge in [0.2, 0.25) is 5.56 Å². The molecule has 0 fully saturated rings. The van der Waals surface area contributed by atoms with E-state index in [4.69, 9.17) is 19.8 Å². The standard InChI is InChI=1S/C9H7NO.2C2HF3O2/c11-9-6-5-7-3-1-2-4-8(7)10-9;2*3-2(4,5)1(6)7/h1-6H,(H,10,11);2*(H,6,7). The fourth-order valence-corrected chi connectivity index (χ4v) is 1.10. The first-order chi connectivity index (χ1) is 11.2. The molecule has 0 radical (unpaired) electrons. The molecule has 0 bridgehead atoms. The Morgan fingerprint density at radius 2 is 1.20 bits per heavy atom. The van der Waals surface area contributed by atoms with Crippen molar-refractivity contribution >= 4 is 22.8 Å². The van der Waals surface area contributed by atoms with E-state index in [1.807, 2.05) is 30.3 Å². The Hall–Kier alpha value is -3.05. The molecule has 1 heterocycles. The maximum atomic E-state index is 10.8. The van der Waals surface area contributed by atoms with Crippen molar-refractivity contribution in [1.82, 2.24) is 4.98 Å². The molecule has 0 aliphatic carbocycles. The van der Waals surface area contributed by atoms with Crippen molar-refractivity contribution in [2.45, 2.75) is 12.4 Å². The van der Waals surface area contributed by atoms with Crippen LogP contribution in [0.4, 0.5) is 26.3 Å². The number of hydrogen-bond donors (Lipinski definition) is 3. The Morgan fingerprint density at radius 1 is 0.800 bits per heavy atom. The van der Waals surface area contributed by atoms with E-state index in [0.717, 1.165) is 10.9 Å². The summed E-state index contributed by atoms with van der Waals surface area (Å²) in [6.07, 6.45) is -10.2. The van der Waals surface area contributed by atoms with Gasteiger partial charge in [0.25, 0.3) is 0 Å². The Kier molecular flexibility index (Phi) is 7.64. The van der Waals surface area contributed by atoms with E-state index in [0.29, 0.717) is 0 Å². The van der Waals surface area contributed by atoms with Crippen molar-refractivity contribution < 1.29 is 46.1 Å². The van der Waals surface area contributed by atoms with Crippen LogP contribution in [0.25, 0.3) is 10.9 Å². The molecule has 0 spiro atoms. The summed E-state index contributed by atoms with van der Waals surface area (Å²) < 4.78 is 63.5. The van der Waals surface area contributed by atoms with Gasteiger partial charge in [-0.15, -0.1) is 0 Å². The van der Waals surface area contributed by atoms with Crippen LogP contribution in [0.5, 0.6) is 0 Å². The Labute approximate surface area is 134 Å². The number of aliphatic carboxylic acids is 2. The molecule has 0 aliphatic heterocycles. The van der Waals surface area contributed by atoms with Gasteiger partial charge in [0.15, 0.2) is 0 Å². The molecule has 0 unspecified atom stereocenters. The number of halogens is 6. The minimum Gasteiger partial charge on any atom is -0.475 e. The number of pyridine rings is 1. The topological polar surface area (TPSA) is 107 Å². The number of hydrogen-bond acceptors (Lipinski definition) is 3. The van der Waals surface area contributed by atoms with E-state index in [-0.39, 0.29) is 5.56 Å². The lowest BCUT2D eigenvalue weighted by Gasteiger charge is -1.93. The van der Waals surface area contributed by atoms with Crippen molar-refractivity contribution in [3.05, 3.63) is 46.8 Å². The molecule has 1 aromatic carbocycles. The lowest BCUT2D eigenvalue weighted by atomic mass is 10.2. The van der Waals surface area contributed by atoms with Crippen LogP contribution in [0.2, 0.25) is 0 Å². The van der Waals surface area contributed by atoms with Gasteiger partial charge in [0.05, 0.1) is 0 Å². The van der Waals surface area contributed by atoms with Gasteiger partial charge in [-0.3, -0.25) is 4.79 Å². The highest BCUT2D eigenvalue weighted by Crippen LogP contribution is 2.13. The van der Waals surface area contributed by atoms with Gasteiger partial charge in [0, 0.05) is 11.6 Å². The highest BCUT2D eigenvalue weighted by Gasteiger charge is 2.38. The first-order valence-corrected chi connectivity index (χ1v) is 5.93. The number of fused-ring (bicyclic) bond motifs is 1. The van der Waals surface area contributed by atoms with Crippen LogP contribution in [-0.2, 0) is 9.59 Å². The molecule has 2 rings (SSSR count). The summed E-state index contributed by atoms with van der Waals surface area (Å²) in [5.74, 6) is -5.51. The lowest BCUT2D eigenvalue weighted by molar-refractivity contribution is -0.193. The van der Waals surface area contributed by atoms with Gasteiger partial charge < -0.3 is 15.2 Å². The number of aromatic nitrogens is 1. The molecule has 138 valence electrons. The van der Waals surface area contributed by atoms with E-state index in [2.05, 4.69) is 4.98 Å². The summed E-state index contributed by atoms with van der Waals surface area (Å²) in [7, 11) is 0. The van der Waals surface area contributed by atoms with Gasteiger partial charge in [0.1, 0.15) is 0 Å². The average molecular weight is 373 g/mol. The van der Waals surface area contributed by atoms with E-state index in [9.17, 15) is 31.1 Å². The molecule has 25 heavy (non-hydrogen) atoms. The second-order valence-electron chi connectivity index (χ2n) is 4.02. The zero-order valence-electron chi connectivity index (χ0n) is 11.9. The molecule has 6 nitrogen and oxygen atoms in total. The third kappa shape index (κ3) is 8.98. The number of benzene rings is 1. The molecule has 1 aromatic heterocycles. The number of para-hydroxylation sites is 1. The number of carboxylic acid groups (broad SMARTS) is 2. The number of rotatable bonds is 0. The second kappa shape index (κ2) is 8.70. The first-order valence-electron chi connectivity index (χ1n) is 5.93. The SMILES string of the molecule is O=C(O)C(F)(F)F.O=C(O)C(F)(F)F.O=c1ccc2ccccc2[nH]1. The predicted octanol–water partition coefficient (Wildman–Crippen LogP) is 2.79. The largest absolute Gasteiger partial charge is 0.490 e. The molecule has 0 amide bonds. The third-order valence-corrected chi connectivity index (χ3v) is 2.12. The molecular weight excluding hydrogens is 364 g/mol. The van der Waals surface area contributed by atoms with Gasteiger partial charge in [-0.25, -0.2) is 9.59 Å². The molecule has 0 aliphatic rings. The third-order valence-electron chi connectivity index (χ3n) is 2.12. The second-order valence-corrected chi connectivity index (χ2v) is 4.02. The highest BCUT2D eigenvalue weighted by molar-refractivity contribution is 5.77. The summed E-state index contributed by atoms with van der Waals surface area (Å²) >= 11 is 0. The molecule has 2 aromatic rings. The maximum absolute atomic E-state index is 10.8. The Morgan fingerprint density at radius 3 is 1.60 bits per heavy atom. The number of alkyl halides is 6. The summed E-state index contributed by atoms with van der Waals surface area (Å²) in [6, 6.07) is 11.0. The van der Waals surface area contributed by atoms with Crippen molar-refractivity contribution in [2.24, 2.45) is 0 Å².